The first-order valence-corrected chi connectivity index (χ1v) is 12.4. The van der Waals surface area contributed by atoms with Gasteiger partial charge >= 0.3 is 5.97 Å². The van der Waals surface area contributed by atoms with Crippen LogP contribution in [0.3, 0.4) is 0 Å². The topological polar surface area (TPSA) is 73.9 Å². The molecule has 35 heavy (non-hydrogen) atoms. The monoisotopic (exact) mass is 491 g/mol. The van der Waals surface area contributed by atoms with Crippen LogP contribution in [0.25, 0.3) is 6.08 Å². The molecule has 1 amide bonds. The van der Waals surface area contributed by atoms with Crippen molar-refractivity contribution in [2.75, 3.05) is 19.5 Å². The van der Waals surface area contributed by atoms with E-state index in [0.29, 0.717) is 28.7 Å². The number of nitrogens with one attached hydrogen (secondary N) is 1. The van der Waals surface area contributed by atoms with E-state index in [4.69, 9.17) is 14.2 Å². The van der Waals surface area contributed by atoms with Gasteiger partial charge < -0.3 is 19.5 Å². The largest absolute Gasteiger partial charge is 0.493 e. The Kier molecular flexibility index (Phi) is 7.87. The van der Waals surface area contributed by atoms with Crippen LogP contribution in [-0.2, 0) is 29.0 Å². The molecule has 1 aliphatic carbocycles. The molecule has 6 nitrogen and oxygen atoms in total. The van der Waals surface area contributed by atoms with Gasteiger partial charge in [-0.3, -0.25) is 4.79 Å². The van der Waals surface area contributed by atoms with Gasteiger partial charge in [-0.1, -0.05) is 30.3 Å². The predicted octanol–water partition coefficient (Wildman–Crippen LogP) is 5.96. The molecule has 182 valence electrons. The van der Waals surface area contributed by atoms with Crippen molar-refractivity contribution in [1.29, 1.82) is 0 Å². The summed E-state index contributed by atoms with van der Waals surface area (Å²) in [5.41, 5.74) is 4.57. The minimum atomic E-state index is -0.408. The maximum atomic E-state index is 12.7. The number of amides is 1. The Morgan fingerprint density at radius 1 is 1.06 bits per heavy atom. The molecule has 0 saturated heterocycles. The van der Waals surface area contributed by atoms with Crippen LogP contribution in [0.4, 0.5) is 5.00 Å². The third-order valence-electron chi connectivity index (χ3n) is 6.06. The van der Waals surface area contributed by atoms with Crippen molar-refractivity contribution in [3.05, 3.63) is 81.2 Å². The lowest BCUT2D eigenvalue weighted by molar-refractivity contribution is -0.111. The fourth-order valence-electron chi connectivity index (χ4n) is 4.13. The zero-order valence-corrected chi connectivity index (χ0v) is 21.0. The molecule has 2 aromatic carbocycles. The summed E-state index contributed by atoms with van der Waals surface area (Å²) >= 11 is 1.47. The SMILES string of the molecule is COC(=O)c1c(NC(=O)/C=C/c2ccc(OCc3ccccc3C)c(OC)c2)sc2c1CCCC2. The number of rotatable bonds is 8. The lowest BCUT2D eigenvalue weighted by atomic mass is 9.95. The highest BCUT2D eigenvalue weighted by Gasteiger charge is 2.26. The molecule has 1 aromatic heterocycles. The van der Waals surface area contributed by atoms with Crippen molar-refractivity contribution < 1.29 is 23.8 Å². The molecular weight excluding hydrogens is 462 g/mol. The summed E-state index contributed by atoms with van der Waals surface area (Å²) in [5.74, 6) is 0.492. The van der Waals surface area contributed by atoms with Gasteiger partial charge in [-0.2, -0.15) is 0 Å². The molecule has 0 atom stereocenters. The van der Waals surface area contributed by atoms with Gasteiger partial charge in [0.2, 0.25) is 5.91 Å². The second-order valence-electron chi connectivity index (χ2n) is 8.35. The zero-order valence-electron chi connectivity index (χ0n) is 20.2. The van der Waals surface area contributed by atoms with Gasteiger partial charge in [0.05, 0.1) is 19.8 Å². The predicted molar refractivity (Wildman–Crippen MR) is 138 cm³/mol. The molecular formula is C28H29NO5S. The van der Waals surface area contributed by atoms with Crippen molar-refractivity contribution in [3.8, 4) is 11.5 Å². The lowest BCUT2D eigenvalue weighted by Gasteiger charge is -2.12. The van der Waals surface area contributed by atoms with Crippen molar-refractivity contribution in [3.63, 3.8) is 0 Å². The van der Waals surface area contributed by atoms with E-state index in [1.807, 2.05) is 36.4 Å². The highest BCUT2D eigenvalue weighted by Crippen LogP contribution is 2.38. The highest BCUT2D eigenvalue weighted by atomic mass is 32.1. The van der Waals surface area contributed by atoms with Gasteiger partial charge in [0.25, 0.3) is 0 Å². The van der Waals surface area contributed by atoms with E-state index in [-0.39, 0.29) is 5.91 Å². The number of hydrogen-bond acceptors (Lipinski definition) is 6. The number of benzene rings is 2. The fourth-order valence-corrected chi connectivity index (χ4v) is 5.41. The number of carbonyl (C=O) groups is 2. The molecule has 4 rings (SSSR count). The van der Waals surface area contributed by atoms with Crippen LogP contribution in [0, 0.1) is 6.92 Å². The molecule has 1 N–H and O–H groups in total. The first-order chi connectivity index (χ1) is 17.0. The van der Waals surface area contributed by atoms with E-state index in [2.05, 4.69) is 18.3 Å². The Morgan fingerprint density at radius 3 is 2.63 bits per heavy atom. The van der Waals surface area contributed by atoms with E-state index < -0.39 is 5.97 Å². The van der Waals surface area contributed by atoms with Crippen LogP contribution in [-0.4, -0.2) is 26.1 Å². The first-order valence-electron chi connectivity index (χ1n) is 11.6. The third-order valence-corrected chi connectivity index (χ3v) is 7.26. The molecule has 0 radical (unpaired) electrons. The average Bonchev–Trinajstić information content (AvgIpc) is 3.24. The molecule has 0 bridgehead atoms. The minimum absolute atomic E-state index is 0.312. The van der Waals surface area contributed by atoms with E-state index in [0.717, 1.165) is 47.3 Å². The van der Waals surface area contributed by atoms with Crippen molar-refractivity contribution >= 4 is 34.3 Å². The highest BCUT2D eigenvalue weighted by molar-refractivity contribution is 7.17. The average molecular weight is 492 g/mol. The maximum absolute atomic E-state index is 12.7. The van der Waals surface area contributed by atoms with E-state index >= 15 is 0 Å². The Balaban J connectivity index is 1.45. The summed E-state index contributed by atoms with van der Waals surface area (Å²) in [7, 11) is 2.95. The second kappa shape index (κ2) is 11.2. The first kappa shape index (κ1) is 24.5. The molecule has 1 heterocycles. The van der Waals surface area contributed by atoms with Crippen LogP contribution >= 0.6 is 11.3 Å². The summed E-state index contributed by atoms with van der Waals surface area (Å²) in [6.07, 6.45) is 7.03. The van der Waals surface area contributed by atoms with Gasteiger partial charge in [-0.25, -0.2) is 4.79 Å². The van der Waals surface area contributed by atoms with Crippen LogP contribution < -0.4 is 14.8 Å². The number of hydrogen-bond donors (Lipinski definition) is 1. The molecule has 3 aromatic rings. The quantitative estimate of drug-likeness (QED) is 0.311. The minimum Gasteiger partial charge on any atom is -0.493 e. The van der Waals surface area contributed by atoms with Crippen molar-refractivity contribution in [2.24, 2.45) is 0 Å². The molecule has 0 aliphatic heterocycles. The Bertz CT molecular complexity index is 1260. The normalized spacial score (nSPS) is 12.8. The van der Waals surface area contributed by atoms with Gasteiger partial charge in [0.1, 0.15) is 11.6 Å². The van der Waals surface area contributed by atoms with E-state index in [1.54, 1.807) is 13.2 Å². The number of methoxy groups -OCH3 is 2. The van der Waals surface area contributed by atoms with Gasteiger partial charge in [-0.05, 0) is 73.1 Å². The van der Waals surface area contributed by atoms with Crippen LogP contribution in [0.5, 0.6) is 11.5 Å². The number of esters is 1. The maximum Gasteiger partial charge on any atom is 0.341 e. The smallest absolute Gasteiger partial charge is 0.341 e. The molecule has 0 saturated carbocycles. The number of anilines is 1. The summed E-state index contributed by atoms with van der Waals surface area (Å²) in [6.45, 7) is 2.49. The summed E-state index contributed by atoms with van der Waals surface area (Å²) < 4.78 is 16.4. The summed E-state index contributed by atoms with van der Waals surface area (Å²) in [5, 5.41) is 3.42. The zero-order chi connectivity index (χ0) is 24.8. The van der Waals surface area contributed by atoms with Crippen LogP contribution in [0.15, 0.2) is 48.5 Å². The number of thiophene rings is 1. The number of carbonyl (C=O) groups excluding carboxylic acids is 2. The van der Waals surface area contributed by atoms with Crippen LogP contribution in [0.1, 0.15) is 50.3 Å². The molecule has 7 heteroatoms. The van der Waals surface area contributed by atoms with Crippen molar-refractivity contribution in [2.45, 2.75) is 39.2 Å². The molecule has 1 aliphatic rings. The fraction of sp³-hybridized carbons (Fsp3) is 0.286. The standard InChI is InChI=1S/C28H29NO5S/c1-18-8-4-5-9-20(18)17-34-22-14-12-19(16-23(22)32-2)13-15-25(30)29-27-26(28(31)33-3)21-10-6-7-11-24(21)35-27/h4-5,8-9,12-16H,6-7,10-11,17H2,1-3H3,(H,29,30)/b15-13+. The Morgan fingerprint density at radius 2 is 1.86 bits per heavy atom. The number of fused-ring (bicyclic) bond motifs is 1. The van der Waals surface area contributed by atoms with Gasteiger partial charge in [0, 0.05) is 11.0 Å². The van der Waals surface area contributed by atoms with Crippen molar-refractivity contribution in [1.82, 2.24) is 0 Å². The second-order valence-corrected chi connectivity index (χ2v) is 9.46. The summed E-state index contributed by atoms with van der Waals surface area (Å²) in [6, 6.07) is 13.6. The van der Waals surface area contributed by atoms with Crippen LogP contribution in [0.2, 0.25) is 0 Å². The van der Waals surface area contributed by atoms with Gasteiger partial charge in [0.15, 0.2) is 11.5 Å². The van der Waals surface area contributed by atoms with E-state index in [1.165, 1.54) is 30.1 Å². The third kappa shape index (κ3) is 5.74. The Labute approximate surface area is 209 Å². The lowest BCUT2D eigenvalue weighted by Crippen LogP contribution is -2.13. The number of aryl methyl sites for hydroxylation is 2. The molecule has 0 unspecified atom stereocenters. The molecule has 0 fully saturated rings. The number of ether oxygens (including phenoxy) is 3. The van der Waals surface area contributed by atoms with Gasteiger partial charge in [-0.15, -0.1) is 11.3 Å². The molecule has 0 spiro atoms. The van der Waals surface area contributed by atoms with E-state index in [9.17, 15) is 9.59 Å². The Hall–Kier alpha value is -3.58. The summed E-state index contributed by atoms with van der Waals surface area (Å²) in [4.78, 5) is 26.2.